The molecule has 6 nitrogen and oxygen atoms in total. The lowest BCUT2D eigenvalue weighted by Crippen LogP contribution is -2.50. The molecule has 0 heterocycles. The van der Waals surface area contributed by atoms with Crippen molar-refractivity contribution in [2.75, 3.05) is 7.11 Å². The molecule has 0 aliphatic heterocycles. The number of benzene rings is 1. The molecule has 1 amide bonds. The molecule has 0 aliphatic rings. The fraction of sp³-hybridized carbons (Fsp3) is 0.522. The number of rotatable bonds is 8. The molecule has 29 heavy (non-hydrogen) atoms. The molecule has 0 saturated carbocycles. The molecule has 1 N–H and O–H groups in total. The number of hydrogen-bond acceptors (Lipinski definition) is 5. The predicted molar refractivity (Wildman–Crippen MR) is 111 cm³/mol. The lowest BCUT2D eigenvalue weighted by Gasteiger charge is -2.33. The van der Waals surface area contributed by atoms with Crippen molar-refractivity contribution in [3.63, 3.8) is 0 Å². The number of carbonyl (C=O) groups excluding carboxylic acids is 3. The fourth-order valence-corrected chi connectivity index (χ4v) is 2.85. The van der Waals surface area contributed by atoms with Gasteiger partial charge in [0.1, 0.15) is 11.6 Å². The van der Waals surface area contributed by atoms with Crippen LogP contribution >= 0.6 is 0 Å². The minimum absolute atomic E-state index is 0.232. The van der Waals surface area contributed by atoms with Crippen molar-refractivity contribution in [1.82, 2.24) is 5.32 Å². The molecule has 0 saturated heterocycles. The number of terminal acetylenes is 1. The summed E-state index contributed by atoms with van der Waals surface area (Å²) in [5, 5.41) is 2.76. The average molecular weight is 402 g/mol. The molecule has 0 fully saturated rings. The van der Waals surface area contributed by atoms with Crippen LogP contribution in [-0.4, -0.2) is 36.6 Å². The van der Waals surface area contributed by atoms with Crippen LogP contribution in [0.1, 0.15) is 69.8 Å². The Hall–Kier alpha value is -2.81. The first-order valence-electron chi connectivity index (χ1n) is 9.57. The third-order valence-corrected chi connectivity index (χ3v) is 4.43. The average Bonchev–Trinajstić information content (AvgIpc) is 2.63. The maximum Gasteiger partial charge on any atom is 0.328 e. The van der Waals surface area contributed by atoms with E-state index in [0.29, 0.717) is 24.0 Å². The van der Waals surface area contributed by atoms with Crippen LogP contribution in [-0.2, 0) is 19.1 Å². The molecule has 1 aromatic rings. The Bertz CT molecular complexity index is 766. The molecule has 1 rings (SSSR count). The van der Waals surface area contributed by atoms with Crippen molar-refractivity contribution in [2.24, 2.45) is 5.41 Å². The van der Waals surface area contributed by atoms with E-state index < -0.39 is 28.9 Å². The Morgan fingerprint density at radius 3 is 2.17 bits per heavy atom. The molecule has 0 aliphatic carbocycles. The molecular formula is C23H31NO5. The minimum Gasteiger partial charge on any atom is -0.467 e. The molecule has 1 aromatic carbocycles. The lowest BCUT2D eigenvalue weighted by atomic mass is 9.79. The molecule has 0 aromatic heterocycles. The molecule has 0 spiro atoms. The second-order valence-corrected chi connectivity index (χ2v) is 8.58. The molecule has 1 atom stereocenters. The van der Waals surface area contributed by atoms with Gasteiger partial charge >= 0.3 is 11.9 Å². The maximum absolute atomic E-state index is 12.6. The number of methoxy groups -OCH3 is 1. The Morgan fingerprint density at radius 1 is 1.10 bits per heavy atom. The van der Waals surface area contributed by atoms with Gasteiger partial charge in [-0.2, -0.15) is 0 Å². The van der Waals surface area contributed by atoms with Gasteiger partial charge in [0, 0.05) is 17.5 Å². The topological polar surface area (TPSA) is 81.7 Å². The van der Waals surface area contributed by atoms with E-state index >= 15 is 0 Å². The predicted octanol–water partition coefficient (Wildman–Crippen LogP) is 3.48. The van der Waals surface area contributed by atoms with Gasteiger partial charge in [0.05, 0.1) is 7.11 Å². The van der Waals surface area contributed by atoms with Gasteiger partial charge in [0.2, 0.25) is 0 Å². The van der Waals surface area contributed by atoms with Crippen LogP contribution in [0, 0.1) is 17.8 Å². The first-order chi connectivity index (χ1) is 13.4. The van der Waals surface area contributed by atoms with E-state index in [9.17, 15) is 14.4 Å². The van der Waals surface area contributed by atoms with E-state index in [4.69, 9.17) is 15.9 Å². The van der Waals surface area contributed by atoms with Crippen molar-refractivity contribution in [3.05, 3.63) is 35.4 Å². The van der Waals surface area contributed by atoms with Gasteiger partial charge in [0.15, 0.2) is 0 Å². The largest absolute Gasteiger partial charge is 0.467 e. The fourth-order valence-electron chi connectivity index (χ4n) is 2.85. The van der Waals surface area contributed by atoms with Gasteiger partial charge in [-0.15, -0.1) is 6.42 Å². The van der Waals surface area contributed by atoms with E-state index in [1.165, 1.54) is 7.11 Å². The monoisotopic (exact) mass is 401 g/mol. The molecule has 0 radical (unpaired) electrons. The van der Waals surface area contributed by atoms with Gasteiger partial charge in [0.25, 0.3) is 5.91 Å². The van der Waals surface area contributed by atoms with Crippen molar-refractivity contribution >= 4 is 17.8 Å². The molecular weight excluding hydrogens is 370 g/mol. The summed E-state index contributed by atoms with van der Waals surface area (Å²) in [6, 6.07) is 5.66. The van der Waals surface area contributed by atoms with E-state index in [0.717, 1.165) is 0 Å². The van der Waals surface area contributed by atoms with Gasteiger partial charge in [-0.05, 0) is 63.3 Å². The summed E-state index contributed by atoms with van der Waals surface area (Å²) in [5.74, 6) is 1.26. The molecule has 158 valence electrons. The van der Waals surface area contributed by atoms with Gasteiger partial charge < -0.3 is 14.8 Å². The highest BCUT2D eigenvalue weighted by Gasteiger charge is 2.37. The first-order valence-corrected chi connectivity index (χ1v) is 9.57. The van der Waals surface area contributed by atoms with Crippen LogP contribution in [0.15, 0.2) is 24.3 Å². The van der Waals surface area contributed by atoms with Crippen molar-refractivity contribution in [1.29, 1.82) is 0 Å². The van der Waals surface area contributed by atoms with Crippen molar-refractivity contribution in [2.45, 2.75) is 65.5 Å². The molecule has 0 bridgehead atoms. The second kappa shape index (κ2) is 10.1. The summed E-state index contributed by atoms with van der Waals surface area (Å²) in [4.78, 5) is 36.9. The number of hydrogen-bond donors (Lipinski definition) is 1. The number of ether oxygens (including phenoxy) is 2. The quantitative estimate of drug-likeness (QED) is 0.533. The highest BCUT2D eigenvalue weighted by atomic mass is 16.6. The van der Waals surface area contributed by atoms with Crippen LogP contribution in [0.4, 0.5) is 0 Å². The summed E-state index contributed by atoms with van der Waals surface area (Å²) in [7, 11) is 1.28. The zero-order valence-electron chi connectivity index (χ0n) is 18.1. The number of nitrogens with one attached hydrogen (secondary N) is 1. The number of amides is 1. The van der Waals surface area contributed by atoms with Crippen LogP contribution in [0.2, 0.25) is 0 Å². The van der Waals surface area contributed by atoms with Crippen molar-refractivity contribution < 1.29 is 23.9 Å². The summed E-state index contributed by atoms with van der Waals surface area (Å²) in [6.45, 7) is 9.14. The normalized spacial score (nSPS) is 12.4. The summed E-state index contributed by atoms with van der Waals surface area (Å²) in [6.07, 6.45) is 6.59. The Labute approximate surface area is 173 Å². The first kappa shape index (κ1) is 24.2. The van der Waals surface area contributed by atoms with E-state index in [-0.39, 0.29) is 12.4 Å². The third kappa shape index (κ3) is 7.98. The van der Waals surface area contributed by atoms with Crippen LogP contribution in [0.25, 0.3) is 0 Å². The maximum atomic E-state index is 12.6. The Balaban J connectivity index is 2.81. The zero-order valence-corrected chi connectivity index (χ0v) is 18.1. The van der Waals surface area contributed by atoms with Crippen molar-refractivity contribution in [3.8, 4) is 12.3 Å². The minimum atomic E-state index is -0.869. The standard InChI is InChI=1S/C23H31NO5/c1-8-16-11-13-17(14-12-16)20(26)24-19(21(27)28-7)23(5,6)15-9-10-18(25)29-22(2,3)4/h1,11-14,19H,9-10,15H2,2-7H3,(H,24,26). The highest BCUT2D eigenvalue weighted by Crippen LogP contribution is 2.29. The molecule has 6 heteroatoms. The third-order valence-electron chi connectivity index (χ3n) is 4.43. The van der Waals surface area contributed by atoms with Crippen LogP contribution in [0.3, 0.4) is 0 Å². The Morgan fingerprint density at radius 2 is 1.69 bits per heavy atom. The van der Waals surface area contributed by atoms with Gasteiger partial charge in [-0.3, -0.25) is 9.59 Å². The van der Waals surface area contributed by atoms with Gasteiger partial charge in [-0.1, -0.05) is 19.8 Å². The van der Waals surface area contributed by atoms with E-state index in [1.807, 2.05) is 34.6 Å². The second-order valence-electron chi connectivity index (χ2n) is 8.58. The van der Waals surface area contributed by atoms with E-state index in [1.54, 1.807) is 24.3 Å². The summed E-state index contributed by atoms with van der Waals surface area (Å²) >= 11 is 0. The van der Waals surface area contributed by atoms with Crippen LogP contribution < -0.4 is 5.32 Å². The Kier molecular flexibility index (Phi) is 8.44. The summed E-state index contributed by atoms with van der Waals surface area (Å²) < 4.78 is 10.2. The SMILES string of the molecule is C#Cc1ccc(C(=O)NC(C(=O)OC)C(C)(C)CCCC(=O)OC(C)(C)C)cc1. The number of carbonyl (C=O) groups is 3. The van der Waals surface area contributed by atoms with Gasteiger partial charge in [-0.25, -0.2) is 4.79 Å². The van der Waals surface area contributed by atoms with Crippen LogP contribution in [0.5, 0.6) is 0 Å². The smallest absolute Gasteiger partial charge is 0.328 e. The lowest BCUT2D eigenvalue weighted by molar-refractivity contribution is -0.155. The zero-order chi connectivity index (χ0) is 22.2. The number of esters is 2. The summed E-state index contributed by atoms with van der Waals surface area (Å²) in [5.41, 5.74) is -0.121. The molecule has 1 unspecified atom stereocenters. The van der Waals surface area contributed by atoms with E-state index in [2.05, 4.69) is 11.2 Å². The highest BCUT2D eigenvalue weighted by molar-refractivity contribution is 5.97.